The van der Waals surface area contributed by atoms with Gasteiger partial charge in [-0.25, -0.2) is 4.39 Å². The molecule has 5 nitrogen and oxygen atoms in total. The fourth-order valence-electron chi connectivity index (χ4n) is 6.70. The highest BCUT2D eigenvalue weighted by atomic mass is 19.1. The van der Waals surface area contributed by atoms with E-state index in [1.807, 2.05) is 66.7 Å². The van der Waals surface area contributed by atoms with Crippen LogP contribution in [0.2, 0.25) is 0 Å². The Labute approximate surface area is 233 Å². The Balaban J connectivity index is 1.27. The summed E-state index contributed by atoms with van der Waals surface area (Å²) < 4.78 is 20.4. The zero-order valence-electron chi connectivity index (χ0n) is 22.4. The van der Waals surface area contributed by atoms with Crippen LogP contribution in [0.15, 0.2) is 90.0 Å². The molecule has 2 heterocycles. The largest absolute Gasteiger partial charge is 0.505 e. The minimum absolute atomic E-state index is 0.0980. The van der Waals surface area contributed by atoms with Crippen LogP contribution in [0.4, 0.5) is 10.1 Å². The minimum Gasteiger partial charge on any atom is -0.505 e. The maximum Gasteiger partial charge on any atom is 0.238 e. The number of carbonyl (C=O) groups is 2. The van der Waals surface area contributed by atoms with E-state index in [1.165, 1.54) is 28.2 Å². The minimum atomic E-state index is -0.655. The Morgan fingerprint density at radius 3 is 2.42 bits per heavy atom. The predicted octanol–water partition coefficient (Wildman–Crippen LogP) is 6.78. The van der Waals surface area contributed by atoms with Crippen molar-refractivity contribution in [2.24, 2.45) is 17.8 Å². The number of allylic oxidation sites excluding steroid dienone is 2. The van der Waals surface area contributed by atoms with Gasteiger partial charge >= 0.3 is 0 Å². The molecule has 0 spiro atoms. The lowest BCUT2D eigenvalue weighted by Gasteiger charge is -2.31. The van der Waals surface area contributed by atoms with Gasteiger partial charge in [-0.3, -0.25) is 14.5 Å². The van der Waals surface area contributed by atoms with Crippen molar-refractivity contribution in [3.05, 3.63) is 107 Å². The second-order valence-electron chi connectivity index (χ2n) is 10.8. The number of carbonyl (C=O) groups excluding carboxylic acids is 2. The first-order chi connectivity index (χ1) is 19.5. The number of fused-ring (bicyclic) bond motifs is 3. The summed E-state index contributed by atoms with van der Waals surface area (Å²) in [6.45, 7) is 2.54. The third-order valence-electron chi connectivity index (χ3n) is 8.58. The summed E-state index contributed by atoms with van der Waals surface area (Å²) in [5, 5.41) is 9.62. The van der Waals surface area contributed by atoms with Crippen molar-refractivity contribution in [1.82, 2.24) is 0 Å². The second-order valence-corrected chi connectivity index (χ2v) is 10.8. The van der Waals surface area contributed by atoms with E-state index in [-0.39, 0.29) is 35.5 Å². The molecule has 2 fully saturated rings. The Morgan fingerprint density at radius 1 is 1.00 bits per heavy atom. The van der Waals surface area contributed by atoms with E-state index in [0.29, 0.717) is 37.1 Å². The molecule has 1 aliphatic carbocycles. The van der Waals surface area contributed by atoms with Crippen molar-refractivity contribution in [3.8, 4) is 5.75 Å². The van der Waals surface area contributed by atoms with Crippen LogP contribution in [-0.4, -0.2) is 29.6 Å². The fourth-order valence-corrected chi connectivity index (χ4v) is 6.70. The zero-order valence-corrected chi connectivity index (χ0v) is 22.4. The number of hydrogen-bond acceptors (Lipinski definition) is 4. The molecule has 0 bridgehead atoms. The van der Waals surface area contributed by atoms with Gasteiger partial charge in [0.25, 0.3) is 0 Å². The SMILES string of the molecule is CCC1=C2[C@@H](CC/C(=C/c3ccc(O)c(F)c3)c3ccccc3)OC[C@@H]2[C@@H]2C(=O)N(c3ccccc3)C(=O)[C@@H]2C1. The number of imide groups is 1. The van der Waals surface area contributed by atoms with E-state index in [9.17, 15) is 19.1 Å². The summed E-state index contributed by atoms with van der Waals surface area (Å²) in [5.41, 5.74) is 5.80. The number of phenolic OH excluding ortho intramolecular Hbond substituents is 1. The highest BCUT2D eigenvalue weighted by molar-refractivity contribution is 6.22. The summed E-state index contributed by atoms with van der Waals surface area (Å²) in [7, 11) is 0. The van der Waals surface area contributed by atoms with Gasteiger partial charge in [0.15, 0.2) is 11.6 Å². The fraction of sp³-hybridized carbons (Fsp3) is 0.294. The van der Waals surface area contributed by atoms with Gasteiger partial charge in [0.1, 0.15) is 0 Å². The summed E-state index contributed by atoms with van der Waals surface area (Å²) >= 11 is 0. The number of anilines is 1. The van der Waals surface area contributed by atoms with E-state index in [2.05, 4.69) is 6.92 Å². The number of para-hydroxylation sites is 1. The first-order valence-electron chi connectivity index (χ1n) is 14.0. The number of nitrogens with zero attached hydrogens (tertiary/aromatic N) is 1. The van der Waals surface area contributed by atoms with Crippen LogP contribution in [-0.2, 0) is 14.3 Å². The van der Waals surface area contributed by atoms with Gasteiger partial charge in [0.2, 0.25) is 11.8 Å². The normalized spacial score (nSPS) is 24.4. The van der Waals surface area contributed by atoms with Crippen LogP contribution >= 0.6 is 0 Å². The number of amides is 2. The molecule has 6 rings (SSSR count). The van der Waals surface area contributed by atoms with Crippen molar-refractivity contribution < 1.29 is 23.8 Å². The van der Waals surface area contributed by atoms with Crippen LogP contribution in [0.25, 0.3) is 11.6 Å². The molecule has 0 saturated carbocycles. The molecule has 2 aliphatic heterocycles. The number of benzene rings is 3. The van der Waals surface area contributed by atoms with Crippen LogP contribution in [0.5, 0.6) is 5.75 Å². The summed E-state index contributed by atoms with van der Waals surface area (Å²) in [6.07, 6.45) is 4.61. The van der Waals surface area contributed by atoms with E-state index < -0.39 is 11.7 Å². The molecule has 4 atom stereocenters. The Bertz CT molecular complexity index is 1500. The van der Waals surface area contributed by atoms with Gasteiger partial charge in [-0.2, -0.15) is 0 Å². The van der Waals surface area contributed by atoms with Gasteiger partial charge < -0.3 is 9.84 Å². The van der Waals surface area contributed by atoms with Gasteiger partial charge in [0.05, 0.1) is 30.2 Å². The maximum absolute atomic E-state index is 14.1. The predicted molar refractivity (Wildman–Crippen MR) is 153 cm³/mol. The molecule has 0 aromatic heterocycles. The third kappa shape index (κ3) is 4.66. The number of halogens is 1. The van der Waals surface area contributed by atoms with Crippen molar-refractivity contribution in [2.75, 3.05) is 11.5 Å². The number of aromatic hydroxyl groups is 1. The van der Waals surface area contributed by atoms with E-state index in [4.69, 9.17) is 4.74 Å². The number of ether oxygens (including phenoxy) is 1. The van der Waals surface area contributed by atoms with Crippen molar-refractivity contribution in [2.45, 2.75) is 38.7 Å². The van der Waals surface area contributed by atoms with Gasteiger partial charge in [0, 0.05) is 5.92 Å². The zero-order chi connectivity index (χ0) is 27.8. The molecule has 2 saturated heterocycles. The Kier molecular flexibility index (Phi) is 7.11. The molecule has 1 N–H and O–H groups in total. The van der Waals surface area contributed by atoms with Crippen molar-refractivity contribution >= 4 is 29.2 Å². The summed E-state index contributed by atoms with van der Waals surface area (Å²) in [5.74, 6) is -2.09. The van der Waals surface area contributed by atoms with Crippen molar-refractivity contribution in [1.29, 1.82) is 0 Å². The summed E-state index contributed by atoms with van der Waals surface area (Å²) in [4.78, 5) is 28.5. The number of hydrogen-bond donors (Lipinski definition) is 1. The monoisotopic (exact) mass is 537 g/mol. The molecular formula is C34H32FNO4. The lowest BCUT2D eigenvalue weighted by Crippen LogP contribution is -2.34. The molecule has 0 radical (unpaired) electrons. The molecule has 6 heteroatoms. The van der Waals surface area contributed by atoms with Crippen LogP contribution in [0.3, 0.4) is 0 Å². The molecule has 3 aliphatic rings. The van der Waals surface area contributed by atoms with Crippen LogP contribution < -0.4 is 4.90 Å². The molecular weight excluding hydrogens is 505 g/mol. The molecule has 3 aromatic carbocycles. The smallest absolute Gasteiger partial charge is 0.238 e. The summed E-state index contributed by atoms with van der Waals surface area (Å²) in [6, 6.07) is 23.6. The number of rotatable bonds is 7. The molecule has 40 heavy (non-hydrogen) atoms. The topological polar surface area (TPSA) is 66.8 Å². The highest BCUT2D eigenvalue weighted by Gasteiger charge is 2.57. The third-order valence-corrected chi connectivity index (χ3v) is 8.58. The Hall–Kier alpha value is -4.03. The van der Waals surface area contributed by atoms with Gasteiger partial charge in [-0.15, -0.1) is 0 Å². The standard InChI is InChI=1S/C34H32FNO4/c1-2-22-19-26-32(34(39)36(33(26)38)25-11-7-4-8-12-25)27-20-40-30(31(22)27)16-14-24(23-9-5-3-6-10-23)17-21-13-15-29(37)28(35)18-21/h3-13,15,17-18,26-27,30,32,37H,2,14,16,19-20H2,1H3/b24-17-/t26-,27+,30-,32-/m1/s1. The lowest BCUT2D eigenvalue weighted by atomic mass is 9.69. The average Bonchev–Trinajstić information content (AvgIpc) is 3.51. The van der Waals surface area contributed by atoms with Crippen LogP contribution in [0, 0.1) is 23.6 Å². The molecule has 0 unspecified atom stereocenters. The highest BCUT2D eigenvalue weighted by Crippen LogP contribution is 2.51. The van der Waals surface area contributed by atoms with Crippen molar-refractivity contribution in [3.63, 3.8) is 0 Å². The molecule has 204 valence electrons. The molecule has 2 amide bonds. The second kappa shape index (κ2) is 10.9. The van der Waals surface area contributed by atoms with Crippen LogP contribution in [0.1, 0.15) is 43.7 Å². The number of phenols is 1. The Morgan fingerprint density at radius 2 is 1.73 bits per heavy atom. The lowest BCUT2D eigenvalue weighted by molar-refractivity contribution is -0.122. The first kappa shape index (κ1) is 26.2. The van der Waals surface area contributed by atoms with E-state index >= 15 is 0 Å². The van der Waals surface area contributed by atoms with E-state index in [0.717, 1.165) is 17.6 Å². The van der Waals surface area contributed by atoms with E-state index in [1.54, 1.807) is 6.07 Å². The van der Waals surface area contributed by atoms with Gasteiger partial charge in [-0.05, 0) is 72.2 Å². The average molecular weight is 538 g/mol. The first-order valence-corrected chi connectivity index (χ1v) is 14.0. The maximum atomic E-state index is 14.1. The van der Waals surface area contributed by atoms with Gasteiger partial charge in [-0.1, -0.05) is 73.2 Å². The molecule has 3 aromatic rings. The quantitative estimate of drug-likeness (QED) is 0.205.